The molecule has 0 saturated heterocycles. The molecule has 0 radical (unpaired) electrons. The largest absolute Gasteiger partial charge is 0.497 e. The summed E-state index contributed by atoms with van der Waals surface area (Å²) in [6.45, 7) is 17.5. The van der Waals surface area contributed by atoms with Gasteiger partial charge >= 0.3 is 6.18 Å². The Hall–Kier alpha value is -5.06. The summed E-state index contributed by atoms with van der Waals surface area (Å²) in [6, 6.07) is 22.0. The zero-order valence-corrected chi connectivity index (χ0v) is 31.9. The van der Waals surface area contributed by atoms with Crippen LogP contribution in [0.5, 0.6) is 17.2 Å². The zero-order chi connectivity index (χ0) is 39.1. The summed E-state index contributed by atoms with van der Waals surface area (Å²) in [5.41, 5.74) is 1.07. The van der Waals surface area contributed by atoms with E-state index in [1.165, 1.54) is 16.7 Å². The molecule has 2 aromatic heterocycles. The van der Waals surface area contributed by atoms with Crippen LogP contribution in [0.25, 0.3) is 0 Å². The van der Waals surface area contributed by atoms with Gasteiger partial charge < -0.3 is 23.7 Å². The van der Waals surface area contributed by atoms with Gasteiger partial charge in [0.15, 0.2) is 0 Å². The van der Waals surface area contributed by atoms with E-state index in [2.05, 4.69) is 18.8 Å². The van der Waals surface area contributed by atoms with Gasteiger partial charge in [-0.15, -0.1) is 0 Å². The second-order valence-corrected chi connectivity index (χ2v) is 11.5. The van der Waals surface area contributed by atoms with E-state index < -0.39 is 11.9 Å². The molecule has 52 heavy (non-hydrogen) atoms. The van der Waals surface area contributed by atoms with E-state index in [0.29, 0.717) is 23.8 Å². The number of amides is 1. The number of aromatic nitrogens is 2. The maximum absolute atomic E-state index is 12.6. The van der Waals surface area contributed by atoms with Crippen molar-refractivity contribution < 1.29 is 32.2 Å². The van der Waals surface area contributed by atoms with Crippen molar-refractivity contribution in [1.29, 1.82) is 0 Å². The standard InChI is InChI=1S/C19H15F3N2O2.C18H27NO3.2C2H6/c20-19(21,22)17-8-6-14(10-23-17)11-24-12-15(7-9-18(24)25)13-26-16-4-2-1-3-5-16;1-14(2)10-11-19(16(4)20)12-15(3)13-22-18-8-6-17(21-5)7-9-18;2*1-2/h1-10,12H,11,13H2;6-9,12,14H,10-11,13H2,1-5H3;2*1-2H3/b;15-12+;;. The first kappa shape index (κ1) is 45.0. The molecule has 0 fully saturated rings. The Kier molecular flexibility index (Phi) is 20.9. The van der Waals surface area contributed by atoms with Gasteiger partial charge in [-0.2, -0.15) is 13.2 Å². The molecule has 2 heterocycles. The highest BCUT2D eigenvalue weighted by Crippen LogP contribution is 2.27. The van der Waals surface area contributed by atoms with Crippen molar-refractivity contribution in [3.05, 3.63) is 130 Å². The van der Waals surface area contributed by atoms with Crippen molar-refractivity contribution in [2.45, 2.75) is 81.1 Å². The third-order valence-corrected chi connectivity index (χ3v) is 6.92. The third-order valence-electron chi connectivity index (χ3n) is 6.92. The number of benzene rings is 2. The molecule has 2 aromatic carbocycles. The van der Waals surface area contributed by atoms with E-state index in [1.54, 1.807) is 31.2 Å². The average Bonchev–Trinajstić information content (AvgIpc) is 3.15. The molecule has 0 aliphatic carbocycles. The van der Waals surface area contributed by atoms with Crippen molar-refractivity contribution in [2.24, 2.45) is 5.92 Å². The van der Waals surface area contributed by atoms with Crippen LogP contribution in [0.3, 0.4) is 0 Å². The molecule has 4 aromatic rings. The van der Waals surface area contributed by atoms with Crippen molar-refractivity contribution in [2.75, 3.05) is 20.3 Å². The van der Waals surface area contributed by atoms with Crippen molar-refractivity contribution >= 4 is 5.91 Å². The van der Waals surface area contributed by atoms with E-state index >= 15 is 0 Å². The van der Waals surface area contributed by atoms with E-state index in [9.17, 15) is 22.8 Å². The summed E-state index contributed by atoms with van der Waals surface area (Å²) in [5, 5.41) is 0. The van der Waals surface area contributed by atoms with Crippen LogP contribution in [0.15, 0.2) is 108 Å². The fourth-order valence-electron chi connectivity index (χ4n) is 4.24. The summed E-state index contributed by atoms with van der Waals surface area (Å²) in [5.74, 6) is 2.92. The van der Waals surface area contributed by atoms with Crippen molar-refractivity contribution in [3.8, 4) is 17.2 Å². The summed E-state index contributed by atoms with van der Waals surface area (Å²) >= 11 is 0. The highest BCUT2D eigenvalue weighted by atomic mass is 19.4. The van der Waals surface area contributed by atoms with Gasteiger partial charge in [0.05, 0.1) is 13.7 Å². The number of carbonyl (C=O) groups is 1. The lowest BCUT2D eigenvalue weighted by Crippen LogP contribution is -2.25. The van der Waals surface area contributed by atoms with Crippen LogP contribution in [-0.2, 0) is 24.1 Å². The molecular weight excluding hydrogens is 671 g/mol. The number of hydrogen-bond acceptors (Lipinski definition) is 6. The number of methoxy groups -OCH3 is 1. The van der Waals surface area contributed by atoms with Crippen LogP contribution >= 0.6 is 0 Å². The van der Waals surface area contributed by atoms with Gasteiger partial charge in [0.25, 0.3) is 5.56 Å². The van der Waals surface area contributed by atoms with E-state index in [4.69, 9.17) is 14.2 Å². The third kappa shape index (κ3) is 17.2. The second kappa shape index (κ2) is 24.2. The first-order valence-corrected chi connectivity index (χ1v) is 17.4. The quantitative estimate of drug-likeness (QED) is 0.137. The number of rotatable bonds is 13. The Labute approximate surface area is 306 Å². The number of halogens is 3. The SMILES string of the molecule is CC.CC.COc1ccc(OC/C(C)=C/N(CCC(C)C)C(C)=O)cc1.O=c1ccc(COc2ccccc2)cn1Cc1ccc(C(F)(F)F)nc1. The molecule has 0 aliphatic heterocycles. The molecule has 0 N–H and O–H groups in total. The first-order valence-electron chi connectivity index (χ1n) is 17.4. The summed E-state index contributed by atoms with van der Waals surface area (Å²) < 4.78 is 55.5. The van der Waals surface area contributed by atoms with Gasteiger partial charge in [-0.3, -0.25) is 14.6 Å². The molecule has 0 atom stereocenters. The minimum absolute atomic E-state index is 0.0597. The van der Waals surface area contributed by atoms with Crippen LogP contribution in [0, 0.1) is 5.92 Å². The first-order chi connectivity index (χ1) is 24.8. The average molecular weight is 726 g/mol. The van der Waals surface area contributed by atoms with Gasteiger partial charge in [0, 0.05) is 43.7 Å². The fourth-order valence-corrected chi connectivity index (χ4v) is 4.24. The second-order valence-electron chi connectivity index (χ2n) is 11.5. The van der Waals surface area contributed by atoms with E-state index in [-0.39, 0.29) is 24.6 Å². The topological polar surface area (TPSA) is 82.9 Å². The van der Waals surface area contributed by atoms with Gasteiger partial charge in [-0.25, -0.2) is 0 Å². The summed E-state index contributed by atoms with van der Waals surface area (Å²) in [6.07, 6.45) is 1.15. The molecule has 0 unspecified atom stereocenters. The Morgan fingerprint density at radius 3 is 1.98 bits per heavy atom. The Bertz CT molecular complexity index is 1650. The monoisotopic (exact) mass is 725 g/mol. The smallest absolute Gasteiger partial charge is 0.433 e. The lowest BCUT2D eigenvalue weighted by molar-refractivity contribution is -0.141. The number of para-hydroxylation sites is 1. The Balaban J connectivity index is 0.000000481. The molecule has 1 amide bonds. The molecule has 8 nitrogen and oxygen atoms in total. The normalized spacial score (nSPS) is 10.8. The van der Waals surface area contributed by atoms with Crippen molar-refractivity contribution in [3.63, 3.8) is 0 Å². The van der Waals surface area contributed by atoms with Crippen LogP contribution < -0.4 is 19.8 Å². The van der Waals surface area contributed by atoms with Crippen LogP contribution in [0.1, 0.15) is 78.6 Å². The number of ether oxygens (including phenoxy) is 3. The predicted octanol–water partition coefficient (Wildman–Crippen LogP) is 9.81. The number of alkyl halides is 3. The molecule has 284 valence electrons. The molecule has 0 spiro atoms. The maximum atomic E-state index is 12.6. The van der Waals surface area contributed by atoms with Crippen LogP contribution in [0.4, 0.5) is 13.2 Å². The molecule has 0 aliphatic rings. The van der Waals surface area contributed by atoms with Gasteiger partial charge in [0.1, 0.15) is 36.2 Å². The highest BCUT2D eigenvalue weighted by Gasteiger charge is 2.32. The van der Waals surface area contributed by atoms with Crippen molar-refractivity contribution in [1.82, 2.24) is 14.5 Å². The van der Waals surface area contributed by atoms with E-state index in [0.717, 1.165) is 47.9 Å². The molecular formula is C41H54F3N3O5. The number of hydrogen-bond donors (Lipinski definition) is 0. The van der Waals surface area contributed by atoms with Gasteiger partial charge in [-0.05, 0) is 78.9 Å². The molecule has 4 rings (SSSR count). The molecule has 0 bridgehead atoms. The Morgan fingerprint density at radius 2 is 1.44 bits per heavy atom. The number of nitrogens with zero attached hydrogens (tertiary/aromatic N) is 3. The van der Waals surface area contributed by atoms with Gasteiger partial charge in [-0.1, -0.05) is 65.8 Å². The lowest BCUT2D eigenvalue weighted by Gasteiger charge is -2.19. The fraction of sp³-hybridized carbons (Fsp3) is 0.390. The minimum Gasteiger partial charge on any atom is -0.497 e. The van der Waals surface area contributed by atoms with Crippen LogP contribution in [0.2, 0.25) is 0 Å². The number of pyridine rings is 2. The molecule has 0 saturated carbocycles. The lowest BCUT2D eigenvalue weighted by atomic mass is 10.1. The highest BCUT2D eigenvalue weighted by molar-refractivity contribution is 5.74. The number of carbonyl (C=O) groups excluding carboxylic acids is 1. The summed E-state index contributed by atoms with van der Waals surface area (Å²) in [7, 11) is 1.64. The predicted molar refractivity (Wildman–Crippen MR) is 202 cm³/mol. The van der Waals surface area contributed by atoms with Crippen LogP contribution in [-0.4, -0.2) is 40.6 Å². The van der Waals surface area contributed by atoms with E-state index in [1.807, 2.05) is 95.4 Å². The Morgan fingerprint density at radius 1 is 0.846 bits per heavy atom. The minimum atomic E-state index is -4.48. The molecule has 11 heteroatoms. The van der Waals surface area contributed by atoms with Gasteiger partial charge in [0.2, 0.25) is 5.91 Å². The summed E-state index contributed by atoms with van der Waals surface area (Å²) in [4.78, 5) is 28.8. The zero-order valence-electron chi connectivity index (χ0n) is 31.9. The maximum Gasteiger partial charge on any atom is 0.433 e.